The molecule has 0 radical (unpaired) electrons. The summed E-state index contributed by atoms with van der Waals surface area (Å²) in [6.07, 6.45) is 7.23. The van der Waals surface area contributed by atoms with Crippen LogP contribution in [0.5, 0.6) is 5.75 Å². The quantitative estimate of drug-likeness (QED) is 0.726. The summed E-state index contributed by atoms with van der Waals surface area (Å²) >= 11 is 3.60. The first-order chi connectivity index (χ1) is 9.31. The lowest BCUT2D eigenvalue weighted by atomic mass is 10.0. The molecular weight excluding hydrogens is 302 g/mol. The smallest absolute Gasteiger partial charge is 0.125 e. The molecule has 0 fully saturated rings. The lowest BCUT2D eigenvalue weighted by molar-refractivity contribution is 0.353. The van der Waals surface area contributed by atoms with Crippen LogP contribution >= 0.6 is 15.9 Å². The third-order valence-electron chi connectivity index (χ3n) is 3.55. The topological polar surface area (TPSA) is 21.3 Å². The molecule has 1 heterocycles. The highest BCUT2D eigenvalue weighted by Crippen LogP contribution is 2.33. The van der Waals surface area contributed by atoms with E-state index in [-0.39, 0.29) is 0 Å². The minimum absolute atomic E-state index is 0.847. The van der Waals surface area contributed by atoms with E-state index in [1.807, 2.05) is 0 Å². The van der Waals surface area contributed by atoms with Gasteiger partial charge in [-0.1, -0.05) is 29.3 Å². The summed E-state index contributed by atoms with van der Waals surface area (Å²) in [6, 6.07) is 4.42. The number of unbranched alkanes of at least 4 members (excludes halogenated alkanes) is 2. The van der Waals surface area contributed by atoms with Crippen molar-refractivity contribution in [1.82, 2.24) is 5.32 Å². The van der Waals surface area contributed by atoms with Crippen molar-refractivity contribution in [2.45, 2.75) is 45.4 Å². The molecule has 0 saturated heterocycles. The molecule has 0 spiro atoms. The Kier molecular flexibility index (Phi) is 6.18. The molecule has 2 rings (SSSR count). The molecule has 0 aliphatic carbocycles. The van der Waals surface area contributed by atoms with Crippen LogP contribution < -0.4 is 10.1 Å². The predicted octanol–water partition coefficient (Wildman–Crippen LogP) is 4.10. The van der Waals surface area contributed by atoms with Crippen LogP contribution in [0, 0.1) is 0 Å². The van der Waals surface area contributed by atoms with Crippen molar-refractivity contribution in [2.24, 2.45) is 0 Å². The Balaban J connectivity index is 1.74. The summed E-state index contributed by atoms with van der Waals surface area (Å²) < 4.78 is 6.95. The molecule has 0 amide bonds. The number of ether oxygens (including phenoxy) is 1. The van der Waals surface area contributed by atoms with Crippen molar-refractivity contribution >= 4 is 15.9 Å². The van der Waals surface area contributed by atoms with E-state index in [0.717, 1.165) is 38.3 Å². The molecule has 0 aromatic heterocycles. The summed E-state index contributed by atoms with van der Waals surface area (Å²) in [5, 5.41) is 3.45. The number of aryl methyl sites for hydroxylation is 1. The molecule has 0 unspecified atom stereocenters. The largest absolute Gasteiger partial charge is 0.493 e. The number of nitrogens with one attached hydrogen (secondary N) is 1. The van der Waals surface area contributed by atoms with Crippen LogP contribution in [0.1, 0.15) is 43.7 Å². The fourth-order valence-electron chi connectivity index (χ4n) is 2.58. The van der Waals surface area contributed by atoms with Gasteiger partial charge < -0.3 is 10.1 Å². The molecule has 0 saturated carbocycles. The number of hydrogen-bond acceptors (Lipinski definition) is 2. The Morgan fingerprint density at radius 2 is 2.11 bits per heavy atom. The van der Waals surface area contributed by atoms with E-state index in [0.29, 0.717) is 0 Å². The minimum Gasteiger partial charge on any atom is -0.493 e. The Morgan fingerprint density at radius 1 is 1.21 bits per heavy atom. The molecule has 1 aliphatic heterocycles. The van der Waals surface area contributed by atoms with Crippen molar-refractivity contribution in [3.05, 3.63) is 27.7 Å². The monoisotopic (exact) mass is 325 g/mol. The van der Waals surface area contributed by atoms with Gasteiger partial charge in [-0.25, -0.2) is 0 Å². The zero-order chi connectivity index (χ0) is 13.5. The molecule has 3 heteroatoms. The van der Waals surface area contributed by atoms with E-state index < -0.39 is 0 Å². The van der Waals surface area contributed by atoms with Crippen LogP contribution in [0.3, 0.4) is 0 Å². The van der Waals surface area contributed by atoms with Gasteiger partial charge in [0, 0.05) is 10.9 Å². The van der Waals surface area contributed by atoms with Crippen LogP contribution in [-0.2, 0) is 12.8 Å². The normalized spacial score (nSPS) is 13.4. The predicted molar refractivity (Wildman–Crippen MR) is 84.1 cm³/mol. The fraction of sp³-hybridized carbons (Fsp3) is 0.625. The number of halogens is 1. The molecule has 1 aliphatic rings. The highest BCUT2D eigenvalue weighted by Gasteiger charge is 2.16. The zero-order valence-corrected chi connectivity index (χ0v) is 13.4. The minimum atomic E-state index is 0.847. The number of hydrogen-bond donors (Lipinski definition) is 1. The molecule has 1 aromatic rings. The van der Waals surface area contributed by atoms with Crippen molar-refractivity contribution in [2.75, 3.05) is 19.7 Å². The van der Waals surface area contributed by atoms with Crippen LogP contribution in [0.2, 0.25) is 0 Å². The molecule has 1 aromatic carbocycles. The van der Waals surface area contributed by atoms with Crippen LogP contribution in [0.25, 0.3) is 0 Å². The number of benzene rings is 1. The van der Waals surface area contributed by atoms with Gasteiger partial charge in [-0.15, -0.1) is 0 Å². The second kappa shape index (κ2) is 7.91. The summed E-state index contributed by atoms with van der Waals surface area (Å²) in [5.41, 5.74) is 2.75. The van der Waals surface area contributed by atoms with E-state index in [2.05, 4.69) is 40.3 Å². The first-order valence-electron chi connectivity index (χ1n) is 7.46. The van der Waals surface area contributed by atoms with Gasteiger partial charge in [0.1, 0.15) is 5.75 Å². The van der Waals surface area contributed by atoms with Gasteiger partial charge in [0.15, 0.2) is 0 Å². The lowest BCUT2D eigenvalue weighted by Gasteiger charge is -2.09. The summed E-state index contributed by atoms with van der Waals surface area (Å²) in [5.74, 6) is 1.16. The van der Waals surface area contributed by atoms with Gasteiger partial charge in [0.25, 0.3) is 0 Å². The third kappa shape index (κ3) is 4.50. The average molecular weight is 326 g/mol. The Morgan fingerprint density at radius 3 is 2.95 bits per heavy atom. The molecule has 0 atom stereocenters. The Hall–Kier alpha value is -0.540. The first kappa shape index (κ1) is 14.9. The second-order valence-corrected chi connectivity index (χ2v) is 6.13. The highest BCUT2D eigenvalue weighted by molar-refractivity contribution is 9.10. The first-order valence-corrected chi connectivity index (χ1v) is 8.25. The van der Waals surface area contributed by atoms with Crippen LogP contribution in [-0.4, -0.2) is 19.7 Å². The van der Waals surface area contributed by atoms with E-state index >= 15 is 0 Å². The molecule has 0 bridgehead atoms. The maximum Gasteiger partial charge on any atom is 0.125 e. The maximum absolute atomic E-state index is 5.76. The molecule has 2 nitrogen and oxygen atoms in total. The lowest BCUT2D eigenvalue weighted by Crippen LogP contribution is -2.15. The molecule has 1 N–H and O–H groups in total. The number of rotatable bonds is 8. The number of fused-ring (bicyclic) bond motifs is 1. The summed E-state index contributed by atoms with van der Waals surface area (Å²) in [6.45, 7) is 5.36. The van der Waals surface area contributed by atoms with E-state index in [4.69, 9.17) is 4.74 Å². The van der Waals surface area contributed by atoms with Crippen molar-refractivity contribution < 1.29 is 4.74 Å². The second-order valence-electron chi connectivity index (χ2n) is 5.21. The molecular formula is C16H24BrNO. The maximum atomic E-state index is 5.76. The van der Waals surface area contributed by atoms with Gasteiger partial charge in [0.2, 0.25) is 0 Å². The van der Waals surface area contributed by atoms with Crippen LogP contribution in [0.15, 0.2) is 16.6 Å². The Labute approximate surface area is 125 Å². The van der Waals surface area contributed by atoms with Gasteiger partial charge in [-0.2, -0.15) is 0 Å². The van der Waals surface area contributed by atoms with Crippen molar-refractivity contribution in [1.29, 1.82) is 0 Å². The van der Waals surface area contributed by atoms with Gasteiger partial charge in [-0.3, -0.25) is 0 Å². The van der Waals surface area contributed by atoms with Gasteiger partial charge in [-0.05, 0) is 62.0 Å². The van der Waals surface area contributed by atoms with E-state index in [1.54, 1.807) is 0 Å². The van der Waals surface area contributed by atoms with Crippen LogP contribution in [0.4, 0.5) is 0 Å². The van der Waals surface area contributed by atoms with Gasteiger partial charge >= 0.3 is 0 Å². The van der Waals surface area contributed by atoms with Gasteiger partial charge in [0.05, 0.1) is 6.61 Å². The summed E-state index contributed by atoms with van der Waals surface area (Å²) in [4.78, 5) is 0. The Bertz CT molecular complexity index is 406. The van der Waals surface area contributed by atoms with E-state index in [9.17, 15) is 0 Å². The zero-order valence-electron chi connectivity index (χ0n) is 11.8. The van der Waals surface area contributed by atoms with Crippen molar-refractivity contribution in [3.63, 3.8) is 0 Å². The van der Waals surface area contributed by atoms with Crippen molar-refractivity contribution in [3.8, 4) is 5.75 Å². The van der Waals surface area contributed by atoms with E-state index in [1.165, 1.54) is 41.3 Å². The third-order valence-corrected chi connectivity index (χ3v) is 4.01. The molecule has 19 heavy (non-hydrogen) atoms. The SMILES string of the molecule is CCCNCCCCCc1cc(Br)cc2c1OCC2. The molecule has 106 valence electrons. The summed E-state index contributed by atoms with van der Waals surface area (Å²) in [7, 11) is 0. The fourth-order valence-corrected chi connectivity index (χ4v) is 3.13. The highest BCUT2D eigenvalue weighted by atomic mass is 79.9. The standard InChI is InChI=1S/C16H24BrNO/c1-2-8-18-9-5-3-4-6-13-11-15(17)12-14-7-10-19-16(13)14/h11-12,18H,2-10H2,1H3. The average Bonchev–Trinajstić information content (AvgIpc) is 2.85.